The monoisotopic (exact) mass is 546 g/mol. The number of rotatable bonds is 4. The average Bonchev–Trinajstić information content (AvgIpc) is 3.36. The van der Waals surface area contributed by atoms with E-state index < -0.39 is 11.8 Å². The fourth-order valence-electron chi connectivity index (χ4n) is 8.00. The molecule has 1 aliphatic carbocycles. The van der Waals surface area contributed by atoms with Crippen LogP contribution in [0.4, 0.5) is 15.9 Å². The van der Waals surface area contributed by atoms with E-state index in [1.807, 2.05) is 6.07 Å². The highest BCUT2D eigenvalue weighted by Gasteiger charge is 2.49. The maximum Gasteiger partial charge on any atom is 0.318 e. The summed E-state index contributed by atoms with van der Waals surface area (Å²) in [5.74, 6) is 0.943. The van der Waals surface area contributed by atoms with Crippen molar-refractivity contribution in [2.75, 3.05) is 43.4 Å². The minimum Gasteiger partial charge on any atom is -0.461 e. The third-order valence-corrected chi connectivity index (χ3v) is 10.1. The first kappa shape index (κ1) is 26.0. The Bertz CT molecular complexity index is 1330. The van der Waals surface area contributed by atoms with Gasteiger partial charge in [-0.3, -0.25) is 4.90 Å². The van der Waals surface area contributed by atoms with Crippen LogP contribution >= 0.6 is 0 Å². The number of nitrogens with two attached hydrogens (primary N) is 1. The predicted octanol–water partition coefficient (Wildman–Crippen LogP) is 4.45. The molecule has 3 fully saturated rings. The van der Waals surface area contributed by atoms with Crippen LogP contribution in [0, 0.1) is 17.2 Å². The van der Waals surface area contributed by atoms with Gasteiger partial charge in [0.05, 0.1) is 29.5 Å². The van der Waals surface area contributed by atoms with Crippen LogP contribution in [0.25, 0.3) is 0 Å². The van der Waals surface area contributed by atoms with Gasteiger partial charge in [0.15, 0.2) is 0 Å². The summed E-state index contributed by atoms with van der Waals surface area (Å²) in [4.78, 5) is 14.6. The quantitative estimate of drug-likeness (QED) is 0.562. The molecule has 2 unspecified atom stereocenters. The normalized spacial score (nSPS) is 31.8. The van der Waals surface area contributed by atoms with Crippen molar-refractivity contribution in [3.8, 4) is 12.1 Å². The van der Waals surface area contributed by atoms with Gasteiger partial charge < -0.3 is 20.1 Å². The minimum atomic E-state index is -0.801. The molecule has 5 heterocycles. The number of benzene rings is 1. The van der Waals surface area contributed by atoms with E-state index in [0.29, 0.717) is 38.6 Å². The third-order valence-electron chi connectivity index (χ3n) is 10.1. The number of nitriles is 1. The standard InChI is InChI=1S/C31H39FN6O2/c32-23-15-30(9-3-12-38(30)18-23)20-39-29-35-27-16-31(10-1-5-22-6-7-24(34)14-26(22)31)40-19-25(27)28(36-29)37-11-2-4-21(17-33)8-13-37/h6-7,14,21,23H,1-5,8-13,15-16,18-20,34H2/t21?,23-,30?,31+/m1/s1. The van der Waals surface area contributed by atoms with Gasteiger partial charge in [-0.25, -0.2) is 4.39 Å². The van der Waals surface area contributed by atoms with Gasteiger partial charge >= 0.3 is 6.01 Å². The zero-order chi connectivity index (χ0) is 27.3. The second-order valence-corrected chi connectivity index (χ2v) is 12.6. The molecule has 5 aliphatic rings. The molecule has 1 aromatic heterocycles. The van der Waals surface area contributed by atoms with E-state index in [0.717, 1.165) is 93.8 Å². The van der Waals surface area contributed by atoms with Crippen LogP contribution in [0.2, 0.25) is 0 Å². The number of aromatic nitrogens is 2. The van der Waals surface area contributed by atoms with Gasteiger partial charge in [0.25, 0.3) is 0 Å². The third kappa shape index (κ3) is 4.50. The molecule has 4 atom stereocenters. The number of hydrogen-bond donors (Lipinski definition) is 1. The molecule has 1 spiro atoms. The van der Waals surface area contributed by atoms with Crippen molar-refractivity contribution >= 4 is 11.5 Å². The lowest BCUT2D eigenvalue weighted by Gasteiger charge is -2.43. The Hall–Kier alpha value is -2.96. The predicted molar refractivity (Wildman–Crippen MR) is 150 cm³/mol. The first-order valence-electron chi connectivity index (χ1n) is 15.1. The molecule has 0 radical (unpaired) electrons. The topological polar surface area (TPSA) is 101 Å². The Labute approximate surface area is 235 Å². The van der Waals surface area contributed by atoms with E-state index in [4.69, 9.17) is 25.2 Å². The van der Waals surface area contributed by atoms with Crippen LogP contribution in [-0.2, 0) is 29.8 Å². The second-order valence-electron chi connectivity index (χ2n) is 12.6. The van der Waals surface area contributed by atoms with E-state index >= 15 is 0 Å². The molecule has 9 heteroatoms. The van der Waals surface area contributed by atoms with Crippen LogP contribution in [-0.4, -0.2) is 59.4 Å². The Morgan fingerprint density at radius 1 is 1.15 bits per heavy atom. The molecule has 2 N–H and O–H groups in total. The molecule has 0 saturated carbocycles. The molecule has 2 aromatic rings. The lowest BCUT2D eigenvalue weighted by atomic mass is 9.74. The summed E-state index contributed by atoms with van der Waals surface area (Å²) in [5, 5.41) is 9.54. The Kier molecular flexibility index (Phi) is 6.59. The first-order chi connectivity index (χ1) is 19.5. The average molecular weight is 547 g/mol. The van der Waals surface area contributed by atoms with Gasteiger partial charge in [0, 0.05) is 49.6 Å². The molecule has 0 amide bonds. The summed E-state index contributed by atoms with van der Waals surface area (Å²) in [6.45, 7) is 3.87. The van der Waals surface area contributed by atoms with Gasteiger partial charge in [-0.1, -0.05) is 6.07 Å². The van der Waals surface area contributed by atoms with Gasteiger partial charge in [-0.05, 0) is 81.2 Å². The Balaban J connectivity index is 1.24. The molecule has 3 saturated heterocycles. The number of ether oxygens (including phenoxy) is 2. The molecule has 212 valence electrons. The van der Waals surface area contributed by atoms with Crippen molar-refractivity contribution in [2.24, 2.45) is 5.92 Å². The largest absolute Gasteiger partial charge is 0.461 e. The highest BCUT2D eigenvalue weighted by atomic mass is 19.1. The van der Waals surface area contributed by atoms with Gasteiger partial charge in [0.2, 0.25) is 0 Å². The number of halogens is 1. The van der Waals surface area contributed by atoms with Crippen LogP contribution in [0.15, 0.2) is 18.2 Å². The lowest BCUT2D eigenvalue weighted by Crippen LogP contribution is -2.44. The number of alkyl halides is 1. The maximum atomic E-state index is 14.4. The number of nitrogen functional groups attached to an aromatic ring is 1. The minimum absolute atomic E-state index is 0.0746. The summed E-state index contributed by atoms with van der Waals surface area (Å²) >= 11 is 0. The first-order valence-corrected chi connectivity index (χ1v) is 15.1. The number of aryl methyl sites for hydroxylation is 1. The number of nitrogens with zero attached hydrogens (tertiary/aromatic N) is 5. The van der Waals surface area contributed by atoms with Crippen molar-refractivity contribution < 1.29 is 13.9 Å². The summed E-state index contributed by atoms with van der Waals surface area (Å²) in [6, 6.07) is 9.03. The van der Waals surface area contributed by atoms with Crippen LogP contribution < -0.4 is 15.4 Å². The smallest absolute Gasteiger partial charge is 0.318 e. The fourth-order valence-corrected chi connectivity index (χ4v) is 8.00. The fraction of sp³-hybridized carbons (Fsp3) is 0.645. The van der Waals surface area contributed by atoms with E-state index in [-0.39, 0.29) is 11.5 Å². The zero-order valence-corrected chi connectivity index (χ0v) is 23.2. The molecular weight excluding hydrogens is 507 g/mol. The van der Waals surface area contributed by atoms with E-state index in [2.05, 4.69) is 28.0 Å². The molecule has 40 heavy (non-hydrogen) atoms. The highest BCUT2D eigenvalue weighted by Crippen LogP contribution is 2.47. The Morgan fingerprint density at radius 2 is 2.08 bits per heavy atom. The second kappa shape index (κ2) is 10.1. The Morgan fingerprint density at radius 3 is 2.98 bits per heavy atom. The number of anilines is 2. The van der Waals surface area contributed by atoms with Crippen molar-refractivity contribution in [3.05, 3.63) is 40.6 Å². The lowest BCUT2D eigenvalue weighted by molar-refractivity contribution is -0.0855. The van der Waals surface area contributed by atoms with E-state index in [1.165, 1.54) is 11.1 Å². The van der Waals surface area contributed by atoms with Gasteiger partial charge in [0.1, 0.15) is 18.6 Å². The number of fused-ring (bicyclic) bond motifs is 4. The number of hydrogen-bond acceptors (Lipinski definition) is 8. The van der Waals surface area contributed by atoms with Crippen molar-refractivity contribution in [1.82, 2.24) is 14.9 Å². The van der Waals surface area contributed by atoms with Crippen LogP contribution in [0.3, 0.4) is 0 Å². The molecule has 7 rings (SSSR count). The zero-order valence-electron chi connectivity index (χ0n) is 23.2. The highest BCUT2D eigenvalue weighted by molar-refractivity contribution is 5.54. The van der Waals surface area contributed by atoms with Crippen molar-refractivity contribution in [2.45, 2.75) is 88.1 Å². The van der Waals surface area contributed by atoms with E-state index in [9.17, 15) is 9.65 Å². The molecule has 1 aromatic carbocycles. The SMILES string of the molecule is N#CC1CCCN(c2nc(OCC34CCCN3C[C@H](F)C4)nc3c2CO[C@@]2(CCCc4ccc(N)cc42)C3)CC1. The molecular formula is C31H39FN6O2. The van der Waals surface area contributed by atoms with Crippen molar-refractivity contribution in [3.63, 3.8) is 0 Å². The summed E-state index contributed by atoms with van der Waals surface area (Å²) < 4.78 is 27.6. The maximum absolute atomic E-state index is 14.4. The van der Waals surface area contributed by atoms with Crippen LogP contribution in [0.1, 0.15) is 73.8 Å². The summed E-state index contributed by atoms with van der Waals surface area (Å²) in [5.41, 5.74) is 10.7. The van der Waals surface area contributed by atoms with Crippen molar-refractivity contribution in [1.29, 1.82) is 5.26 Å². The van der Waals surface area contributed by atoms with E-state index in [1.54, 1.807) is 0 Å². The molecule has 4 aliphatic heterocycles. The molecule has 8 nitrogen and oxygen atoms in total. The van der Waals surface area contributed by atoms with Gasteiger partial charge in [-0.15, -0.1) is 0 Å². The molecule has 0 bridgehead atoms. The summed E-state index contributed by atoms with van der Waals surface area (Å²) in [6.07, 6.45) is 8.04. The van der Waals surface area contributed by atoms with Crippen LogP contribution in [0.5, 0.6) is 6.01 Å². The van der Waals surface area contributed by atoms with Gasteiger partial charge in [-0.2, -0.15) is 15.2 Å². The summed E-state index contributed by atoms with van der Waals surface area (Å²) in [7, 11) is 0.